The lowest BCUT2D eigenvalue weighted by Crippen LogP contribution is -2.28. The van der Waals surface area contributed by atoms with Crippen LogP contribution in [0.1, 0.15) is 65.2 Å². The monoisotopic (exact) mass is 388 g/mol. The highest BCUT2D eigenvalue weighted by Crippen LogP contribution is 2.25. The molecule has 28 heavy (non-hydrogen) atoms. The quantitative estimate of drug-likeness (QED) is 0.817. The third-order valence-corrected chi connectivity index (χ3v) is 5.52. The van der Waals surface area contributed by atoms with E-state index in [1.54, 1.807) is 11.7 Å². The molecular formula is C20H28N4O4. The first-order chi connectivity index (χ1) is 13.6. The molecule has 1 N–H and O–H groups in total. The Hall–Kier alpha value is -2.35. The molecule has 1 aliphatic heterocycles. The third-order valence-electron chi connectivity index (χ3n) is 5.52. The Morgan fingerprint density at radius 2 is 2.14 bits per heavy atom. The van der Waals surface area contributed by atoms with Crippen LogP contribution in [0.3, 0.4) is 0 Å². The zero-order chi connectivity index (χ0) is 19.5. The van der Waals surface area contributed by atoms with Crippen molar-refractivity contribution < 1.29 is 18.8 Å². The number of rotatable bonds is 6. The highest BCUT2D eigenvalue weighted by atomic mass is 16.5. The fraction of sp³-hybridized carbons (Fsp3) is 0.650. The molecular weight excluding hydrogens is 360 g/mol. The van der Waals surface area contributed by atoms with Gasteiger partial charge in [-0.3, -0.25) is 4.79 Å². The van der Waals surface area contributed by atoms with Crippen LogP contribution >= 0.6 is 0 Å². The first-order valence-electron chi connectivity index (χ1n) is 10.2. The van der Waals surface area contributed by atoms with Gasteiger partial charge < -0.3 is 19.3 Å². The lowest BCUT2D eigenvalue weighted by molar-refractivity contribution is -0.0128. The molecule has 1 fully saturated rings. The molecule has 0 aromatic carbocycles. The maximum atomic E-state index is 12.9. The normalized spacial score (nSPS) is 19.3. The van der Waals surface area contributed by atoms with E-state index < -0.39 is 0 Å². The molecule has 1 amide bonds. The van der Waals surface area contributed by atoms with Crippen LogP contribution in [0.5, 0.6) is 5.88 Å². The van der Waals surface area contributed by atoms with E-state index in [2.05, 4.69) is 15.6 Å². The van der Waals surface area contributed by atoms with Gasteiger partial charge in [-0.1, -0.05) is 5.16 Å². The Morgan fingerprint density at radius 1 is 1.29 bits per heavy atom. The number of fused-ring (bicyclic) bond motifs is 1. The van der Waals surface area contributed by atoms with Gasteiger partial charge in [-0.2, -0.15) is 5.10 Å². The van der Waals surface area contributed by atoms with Gasteiger partial charge in [0.05, 0.1) is 18.3 Å². The molecule has 1 saturated heterocycles. The van der Waals surface area contributed by atoms with Gasteiger partial charge in [-0.05, 0) is 45.4 Å². The smallest absolute Gasteiger partial charge is 0.259 e. The van der Waals surface area contributed by atoms with E-state index in [1.165, 1.54) is 0 Å². The van der Waals surface area contributed by atoms with Gasteiger partial charge in [0.25, 0.3) is 5.91 Å². The molecule has 8 heteroatoms. The van der Waals surface area contributed by atoms with Gasteiger partial charge in [0.15, 0.2) is 0 Å². The van der Waals surface area contributed by atoms with Crippen molar-refractivity contribution in [3.63, 3.8) is 0 Å². The Bertz CT molecular complexity index is 836. The Labute approximate surface area is 164 Å². The molecule has 152 valence electrons. The molecule has 1 aliphatic carbocycles. The number of carbonyl (C=O) groups excluding carboxylic acids is 1. The Balaban J connectivity index is 1.42. The van der Waals surface area contributed by atoms with Gasteiger partial charge >= 0.3 is 0 Å². The summed E-state index contributed by atoms with van der Waals surface area (Å²) in [6, 6.07) is 0. The van der Waals surface area contributed by atoms with Crippen LogP contribution in [0.15, 0.2) is 4.52 Å². The average molecular weight is 388 g/mol. The predicted molar refractivity (Wildman–Crippen MR) is 101 cm³/mol. The van der Waals surface area contributed by atoms with Crippen molar-refractivity contribution in [1.29, 1.82) is 0 Å². The first kappa shape index (κ1) is 19.0. The van der Waals surface area contributed by atoms with E-state index >= 15 is 0 Å². The second-order valence-corrected chi connectivity index (χ2v) is 7.61. The summed E-state index contributed by atoms with van der Waals surface area (Å²) in [5.41, 5.74) is 3.08. The van der Waals surface area contributed by atoms with Crippen molar-refractivity contribution in [2.24, 2.45) is 7.05 Å². The SMILES string of the molecule is Cc1nn(C)c(OCC2CCCCO2)c1C(=O)NCc1noc2c1CCCC2. The predicted octanol–water partition coefficient (Wildman–Crippen LogP) is 2.47. The fourth-order valence-corrected chi connectivity index (χ4v) is 4.01. The number of aromatic nitrogens is 3. The van der Waals surface area contributed by atoms with Crippen LogP contribution < -0.4 is 10.1 Å². The van der Waals surface area contributed by atoms with E-state index in [0.29, 0.717) is 30.3 Å². The topological polar surface area (TPSA) is 91.4 Å². The summed E-state index contributed by atoms with van der Waals surface area (Å²) in [7, 11) is 1.79. The number of amides is 1. The third kappa shape index (κ3) is 3.92. The molecule has 2 aliphatic rings. The molecule has 2 aromatic rings. The van der Waals surface area contributed by atoms with E-state index in [4.69, 9.17) is 14.0 Å². The number of nitrogens with zero attached hydrogens (tertiary/aromatic N) is 3. The molecule has 0 saturated carbocycles. The van der Waals surface area contributed by atoms with Gasteiger partial charge in [0, 0.05) is 25.6 Å². The molecule has 0 spiro atoms. The van der Waals surface area contributed by atoms with E-state index in [1.807, 2.05) is 6.92 Å². The summed E-state index contributed by atoms with van der Waals surface area (Å²) in [5.74, 6) is 1.23. The van der Waals surface area contributed by atoms with Crippen molar-refractivity contribution in [3.8, 4) is 5.88 Å². The van der Waals surface area contributed by atoms with Crippen molar-refractivity contribution >= 4 is 5.91 Å². The Kier molecular flexibility index (Phi) is 5.66. The van der Waals surface area contributed by atoms with Gasteiger partial charge in [-0.25, -0.2) is 4.68 Å². The summed E-state index contributed by atoms with van der Waals surface area (Å²) < 4.78 is 18.7. The van der Waals surface area contributed by atoms with Crippen LogP contribution in [-0.4, -0.2) is 40.2 Å². The van der Waals surface area contributed by atoms with Crippen LogP contribution in [0.2, 0.25) is 0 Å². The lowest BCUT2D eigenvalue weighted by atomic mass is 9.96. The van der Waals surface area contributed by atoms with Crippen molar-refractivity contribution in [2.45, 2.75) is 64.5 Å². The number of aryl methyl sites for hydroxylation is 3. The summed E-state index contributed by atoms with van der Waals surface area (Å²) >= 11 is 0. The van der Waals surface area contributed by atoms with Crippen molar-refractivity contribution in [2.75, 3.05) is 13.2 Å². The number of carbonyl (C=O) groups is 1. The van der Waals surface area contributed by atoms with E-state index in [-0.39, 0.29) is 12.0 Å². The van der Waals surface area contributed by atoms with Crippen LogP contribution in [0.25, 0.3) is 0 Å². The van der Waals surface area contributed by atoms with Gasteiger partial charge in [0.1, 0.15) is 23.6 Å². The average Bonchev–Trinajstić information content (AvgIpc) is 3.25. The van der Waals surface area contributed by atoms with Crippen LogP contribution in [-0.2, 0) is 31.2 Å². The van der Waals surface area contributed by atoms with Gasteiger partial charge in [-0.15, -0.1) is 0 Å². The lowest BCUT2D eigenvalue weighted by Gasteiger charge is -2.22. The molecule has 8 nitrogen and oxygen atoms in total. The highest BCUT2D eigenvalue weighted by Gasteiger charge is 2.25. The molecule has 1 unspecified atom stereocenters. The molecule has 0 radical (unpaired) electrons. The van der Waals surface area contributed by atoms with Crippen LogP contribution in [0.4, 0.5) is 0 Å². The minimum atomic E-state index is -0.210. The molecule has 1 atom stereocenters. The second kappa shape index (κ2) is 8.34. The molecule has 4 rings (SSSR count). The number of hydrogen-bond acceptors (Lipinski definition) is 6. The maximum Gasteiger partial charge on any atom is 0.259 e. The molecule has 0 bridgehead atoms. The number of nitrogens with one attached hydrogen (secondary N) is 1. The minimum Gasteiger partial charge on any atom is -0.475 e. The maximum absolute atomic E-state index is 12.9. The van der Waals surface area contributed by atoms with Gasteiger partial charge in [0.2, 0.25) is 5.88 Å². The number of hydrogen-bond donors (Lipinski definition) is 1. The zero-order valence-electron chi connectivity index (χ0n) is 16.6. The van der Waals surface area contributed by atoms with E-state index in [9.17, 15) is 4.79 Å². The summed E-state index contributed by atoms with van der Waals surface area (Å²) in [6.45, 7) is 3.36. The Morgan fingerprint density at radius 3 is 2.96 bits per heavy atom. The van der Waals surface area contributed by atoms with Crippen LogP contribution in [0, 0.1) is 6.92 Å². The van der Waals surface area contributed by atoms with Crippen molar-refractivity contribution in [1.82, 2.24) is 20.3 Å². The summed E-state index contributed by atoms with van der Waals surface area (Å²) in [5, 5.41) is 11.5. The number of ether oxygens (including phenoxy) is 2. The fourth-order valence-electron chi connectivity index (χ4n) is 4.01. The minimum absolute atomic E-state index is 0.0709. The second-order valence-electron chi connectivity index (χ2n) is 7.61. The first-order valence-corrected chi connectivity index (χ1v) is 10.2. The largest absolute Gasteiger partial charge is 0.475 e. The van der Waals surface area contributed by atoms with E-state index in [0.717, 1.165) is 68.6 Å². The summed E-state index contributed by atoms with van der Waals surface area (Å²) in [6.07, 6.45) is 7.46. The zero-order valence-corrected chi connectivity index (χ0v) is 16.6. The molecule has 2 aromatic heterocycles. The summed E-state index contributed by atoms with van der Waals surface area (Å²) in [4.78, 5) is 12.9. The molecule has 3 heterocycles. The van der Waals surface area contributed by atoms with Crippen molar-refractivity contribution in [3.05, 3.63) is 28.3 Å². The highest BCUT2D eigenvalue weighted by molar-refractivity contribution is 5.97. The standard InChI is InChI=1S/C20H28N4O4/c1-13-18(20(24(2)22-13)27-12-14-7-5-6-10-26-14)19(25)21-11-16-15-8-3-4-9-17(15)28-23-16/h14H,3-12H2,1-2H3,(H,21,25).